The van der Waals surface area contributed by atoms with Gasteiger partial charge >= 0.3 is 0 Å². The van der Waals surface area contributed by atoms with Crippen molar-refractivity contribution in [1.82, 2.24) is 5.32 Å². The van der Waals surface area contributed by atoms with E-state index in [-0.39, 0.29) is 6.10 Å². The summed E-state index contributed by atoms with van der Waals surface area (Å²) in [6, 6.07) is 2.70. The van der Waals surface area contributed by atoms with Crippen molar-refractivity contribution in [3.63, 3.8) is 0 Å². The van der Waals surface area contributed by atoms with Gasteiger partial charge in [-0.25, -0.2) is 0 Å². The lowest BCUT2D eigenvalue weighted by Gasteiger charge is -2.25. The summed E-state index contributed by atoms with van der Waals surface area (Å²) in [5.41, 5.74) is 1.45. The van der Waals surface area contributed by atoms with E-state index in [0.717, 1.165) is 6.54 Å². The Balaban J connectivity index is 1.63. The molecule has 4 heteroatoms. The molecule has 0 amide bonds. The lowest BCUT2D eigenvalue weighted by atomic mass is 9.94. The standard InChI is InChI=1S/C13H18BrNOS/c14-13-6-9-10(2-1-3-12(9)17-13)15-7-11(16)8-4-5-8/h6,8,10-11,15-16H,1-5,7H2. The van der Waals surface area contributed by atoms with Crippen LogP contribution in [0.4, 0.5) is 0 Å². The number of halogens is 1. The minimum absolute atomic E-state index is 0.137. The number of rotatable bonds is 4. The van der Waals surface area contributed by atoms with Gasteiger partial charge in [-0.15, -0.1) is 11.3 Å². The summed E-state index contributed by atoms with van der Waals surface area (Å²) in [6.45, 7) is 0.752. The third kappa shape index (κ3) is 2.75. The van der Waals surface area contributed by atoms with Gasteiger partial charge in [-0.05, 0) is 65.6 Å². The maximum Gasteiger partial charge on any atom is 0.0704 e. The summed E-state index contributed by atoms with van der Waals surface area (Å²) < 4.78 is 1.24. The van der Waals surface area contributed by atoms with E-state index in [0.29, 0.717) is 12.0 Å². The van der Waals surface area contributed by atoms with Gasteiger partial charge in [0.1, 0.15) is 0 Å². The molecule has 0 saturated heterocycles. The highest BCUT2D eigenvalue weighted by Crippen LogP contribution is 2.38. The van der Waals surface area contributed by atoms with Crippen LogP contribution in [0.2, 0.25) is 0 Å². The highest BCUT2D eigenvalue weighted by Gasteiger charge is 2.30. The number of nitrogens with one attached hydrogen (secondary N) is 1. The topological polar surface area (TPSA) is 32.3 Å². The van der Waals surface area contributed by atoms with Gasteiger partial charge < -0.3 is 10.4 Å². The van der Waals surface area contributed by atoms with Crippen LogP contribution in [0.5, 0.6) is 0 Å². The smallest absolute Gasteiger partial charge is 0.0704 e. The molecule has 2 aliphatic carbocycles. The maximum atomic E-state index is 9.90. The fraction of sp³-hybridized carbons (Fsp3) is 0.692. The molecule has 0 bridgehead atoms. The minimum Gasteiger partial charge on any atom is -0.392 e. The second-order valence-corrected chi connectivity index (χ2v) is 7.70. The first-order valence-corrected chi connectivity index (χ1v) is 8.04. The molecule has 2 N–H and O–H groups in total. The fourth-order valence-electron chi connectivity index (χ4n) is 2.64. The molecule has 0 radical (unpaired) electrons. The third-order valence-corrected chi connectivity index (χ3v) is 5.54. The summed E-state index contributed by atoms with van der Waals surface area (Å²) >= 11 is 5.44. The number of hydrogen-bond acceptors (Lipinski definition) is 3. The van der Waals surface area contributed by atoms with E-state index in [1.165, 1.54) is 46.3 Å². The Hall–Kier alpha value is 0.100. The quantitative estimate of drug-likeness (QED) is 0.894. The summed E-state index contributed by atoms with van der Waals surface area (Å²) in [5, 5.41) is 13.5. The number of aliphatic hydroxyl groups excluding tert-OH is 1. The Morgan fingerprint density at radius 2 is 2.29 bits per heavy atom. The van der Waals surface area contributed by atoms with E-state index >= 15 is 0 Å². The zero-order valence-electron chi connectivity index (χ0n) is 9.79. The Morgan fingerprint density at radius 1 is 1.47 bits per heavy atom. The van der Waals surface area contributed by atoms with E-state index < -0.39 is 0 Å². The number of thiophene rings is 1. The number of aryl methyl sites for hydroxylation is 1. The summed E-state index contributed by atoms with van der Waals surface area (Å²) in [4.78, 5) is 1.52. The Bertz CT molecular complexity index is 402. The molecule has 1 fully saturated rings. The van der Waals surface area contributed by atoms with Crippen molar-refractivity contribution in [3.8, 4) is 0 Å². The first-order valence-electron chi connectivity index (χ1n) is 6.43. The normalized spacial score (nSPS) is 25.6. The van der Waals surface area contributed by atoms with Crippen molar-refractivity contribution in [2.24, 2.45) is 5.92 Å². The summed E-state index contributed by atoms with van der Waals surface area (Å²) in [5.74, 6) is 0.569. The third-order valence-electron chi connectivity index (χ3n) is 3.82. The predicted molar refractivity (Wildman–Crippen MR) is 74.4 cm³/mol. The second kappa shape index (κ2) is 5.00. The van der Waals surface area contributed by atoms with E-state index in [1.54, 1.807) is 0 Å². The van der Waals surface area contributed by atoms with E-state index in [2.05, 4.69) is 27.3 Å². The fourth-order valence-corrected chi connectivity index (χ4v) is 4.46. The molecule has 0 aliphatic heterocycles. The monoisotopic (exact) mass is 315 g/mol. The first kappa shape index (κ1) is 12.2. The minimum atomic E-state index is -0.137. The van der Waals surface area contributed by atoms with Gasteiger partial charge in [0.15, 0.2) is 0 Å². The molecule has 0 aromatic carbocycles. The zero-order valence-corrected chi connectivity index (χ0v) is 12.2. The van der Waals surface area contributed by atoms with E-state index in [4.69, 9.17) is 0 Å². The van der Waals surface area contributed by atoms with E-state index in [9.17, 15) is 5.11 Å². The first-order chi connectivity index (χ1) is 8.24. The lowest BCUT2D eigenvalue weighted by Crippen LogP contribution is -2.32. The molecule has 2 nitrogen and oxygen atoms in total. The van der Waals surface area contributed by atoms with Crippen LogP contribution in [-0.2, 0) is 6.42 Å². The molecule has 1 saturated carbocycles. The predicted octanol–water partition coefficient (Wildman–Crippen LogP) is 3.25. The van der Waals surface area contributed by atoms with Crippen LogP contribution in [0.15, 0.2) is 9.85 Å². The Morgan fingerprint density at radius 3 is 3.06 bits per heavy atom. The van der Waals surface area contributed by atoms with Gasteiger partial charge in [0.05, 0.1) is 9.89 Å². The Labute approximate surface area is 115 Å². The number of aliphatic hydroxyl groups is 1. The van der Waals surface area contributed by atoms with Gasteiger partial charge in [0.2, 0.25) is 0 Å². The highest BCUT2D eigenvalue weighted by molar-refractivity contribution is 9.11. The van der Waals surface area contributed by atoms with Crippen LogP contribution < -0.4 is 5.32 Å². The van der Waals surface area contributed by atoms with Crippen molar-refractivity contribution in [1.29, 1.82) is 0 Å². The number of hydrogen-bond donors (Lipinski definition) is 2. The molecule has 2 atom stereocenters. The van der Waals surface area contributed by atoms with Crippen LogP contribution in [0.3, 0.4) is 0 Å². The average molecular weight is 316 g/mol. The van der Waals surface area contributed by atoms with Gasteiger partial charge in [-0.1, -0.05) is 0 Å². The molecular formula is C13H18BrNOS. The molecule has 2 unspecified atom stereocenters. The van der Waals surface area contributed by atoms with Gasteiger partial charge in [-0.2, -0.15) is 0 Å². The largest absolute Gasteiger partial charge is 0.392 e. The molecule has 1 aromatic rings. The Kier molecular flexibility index (Phi) is 3.57. The molecule has 17 heavy (non-hydrogen) atoms. The second-order valence-electron chi connectivity index (χ2n) is 5.19. The van der Waals surface area contributed by atoms with Gasteiger partial charge in [-0.3, -0.25) is 0 Å². The van der Waals surface area contributed by atoms with Gasteiger partial charge in [0, 0.05) is 17.5 Å². The van der Waals surface area contributed by atoms with Crippen LogP contribution >= 0.6 is 27.3 Å². The molecule has 1 aromatic heterocycles. The molecule has 3 rings (SSSR count). The lowest BCUT2D eigenvalue weighted by molar-refractivity contribution is 0.143. The van der Waals surface area contributed by atoms with Crippen LogP contribution in [0, 0.1) is 5.92 Å². The maximum absolute atomic E-state index is 9.90. The zero-order chi connectivity index (χ0) is 11.8. The molecule has 1 heterocycles. The van der Waals surface area contributed by atoms with Crippen molar-refractivity contribution >= 4 is 27.3 Å². The van der Waals surface area contributed by atoms with Crippen LogP contribution in [-0.4, -0.2) is 17.8 Å². The van der Waals surface area contributed by atoms with Crippen molar-refractivity contribution in [2.45, 2.75) is 44.2 Å². The number of fused-ring (bicyclic) bond motifs is 1. The van der Waals surface area contributed by atoms with Crippen molar-refractivity contribution in [3.05, 3.63) is 20.3 Å². The summed E-state index contributed by atoms with van der Waals surface area (Å²) in [7, 11) is 0. The highest BCUT2D eigenvalue weighted by atomic mass is 79.9. The van der Waals surface area contributed by atoms with E-state index in [1.807, 2.05) is 11.3 Å². The SMILES string of the molecule is OC(CNC1CCCc2sc(Br)cc21)C1CC1. The van der Waals surface area contributed by atoms with Crippen LogP contribution in [0.1, 0.15) is 42.2 Å². The van der Waals surface area contributed by atoms with Crippen molar-refractivity contribution in [2.75, 3.05) is 6.54 Å². The molecule has 2 aliphatic rings. The molecular weight excluding hydrogens is 298 g/mol. The molecule has 0 spiro atoms. The molecule has 94 valence electrons. The van der Waals surface area contributed by atoms with Crippen LogP contribution in [0.25, 0.3) is 0 Å². The van der Waals surface area contributed by atoms with Crippen molar-refractivity contribution < 1.29 is 5.11 Å². The average Bonchev–Trinajstić information content (AvgIpc) is 3.08. The van der Waals surface area contributed by atoms with Gasteiger partial charge in [0.25, 0.3) is 0 Å². The summed E-state index contributed by atoms with van der Waals surface area (Å²) in [6.07, 6.45) is 5.97.